The molecule has 1 aromatic heterocycles. The van der Waals surface area contributed by atoms with E-state index in [2.05, 4.69) is 45.1 Å². The number of nitrogens with zero attached hydrogens (tertiary/aromatic N) is 2. The van der Waals surface area contributed by atoms with Crippen LogP contribution in [-0.4, -0.2) is 28.2 Å². The fourth-order valence-electron chi connectivity index (χ4n) is 1.84. The maximum atomic E-state index is 5.66. The Hall–Kier alpha value is -0.680. The van der Waals surface area contributed by atoms with Crippen LogP contribution in [0.1, 0.15) is 20.3 Å². The van der Waals surface area contributed by atoms with Crippen molar-refractivity contribution in [2.24, 2.45) is 0 Å². The fraction of sp³-hybridized carbons (Fsp3) is 0.600. The van der Waals surface area contributed by atoms with Crippen LogP contribution in [0.3, 0.4) is 0 Å². The number of nitrogens with one attached hydrogen (secondary N) is 1. The van der Waals surface area contributed by atoms with E-state index in [0.29, 0.717) is 12.1 Å². The molecule has 1 saturated heterocycles. The van der Waals surface area contributed by atoms with Gasteiger partial charge in [0.05, 0.1) is 18.2 Å². The lowest BCUT2D eigenvalue weighted by atomic mass is 10.1. The molecule has 3 atom stereocenters. The Morgan fingerprint density at radius 2 is 2.27 bits per heavy atom. The summed E-state index contributed by atoms with van der Waals surface area (Å²) in [5.41, 5.74) is 0. The van der Waals surface area contributed by atoms with E-state index < -0.39 is 0 Å². The van der Waals surface area contributed by atoms with Gasteiger partial charge in [-0.05, 0) is 36.2 Å². The predicted molar refractivity (Wildman–Crippen MR) is 61.8 cm³/mol. The van der Waals surface area contributed by atoms with Gasteiger partial charge in [0.15, 0.2) is 0 Å². The minimum absolute atomic E-state index is 0.230. The lowest BCUT2D eigenvalue weighted by Gasteiger charge is -2.16. The van der Waals surface area contributed by atoms with Crippen molar-refractivity contribution in [3.05, 3.63) is 17.0 Å². The molecule has 2 rings (SSSR count). The molecule has 0 amide bonds. The van der Waals surface area contributed by atoms with E-state index in [1.54, 1.807) is 0 Å². The van der Waals surface area contributed by atoms with E-state index in [0.717, 1.165) is 16.8 Å². The molecule has 0 radical (unpaired) electrons. The van der Waals surface area contributed by atoms with Gasteiger partial charge in [-0.2, -0.15) is 0 Å². The molecule has 2 heterocycles. The van der Waals surface area contributed by atoms with Crippen LogP contribution in [0, 0.1) is 0 Å². The average molecular weight is 272 g/mol. The van der Waals surface area contributed by atoms with Crippen molar-refractivity contribution < 1.29 is 4.74 Å². The third-order valence-electron chi connectivity index (χ3n) is 2.57. The van der Waals surface area contributed by atoms with Gasteiger partial charge in [0.25, 0.3) is 0 Å². The Morgan fingerprint density at radius 1 is 1.47 bits per heavy atom. The summed E-state index contributed by atoms with van der Waals surface area (Å²) >= 11 is 3.32. The van der Waals surface area contributed by atoms with Crippen LogP contribution in [0.15, 0.2) is 17.0 Å². The number of hydrogen-bond donors (Lipinski definition) is 1. The van der Waals surface area contributed by atoms with Crippen molar-refractivity contribution in [3.8, 4) is 0 Å². The van der Waals surface area contributed by atoms with Crippen LogP contribution in [-0.2, 0) is 4.74 Å². The van der Waals surface area contributed by atoms with Crippen molar-refractivity contribution in [2.45, 2.75) is 38.5 Å². The Bertz CT molecular complexity index is 347. The maximum absolute atomic E-state index is 5.66. The molecular formula is C10H14BrN3O. The van der Waals surface area contributed by atoms with Crippen molar-refractivity contribution in [1.29, 1.82) is 0 Å². The van der Waals surface area contributed by atoms with Gasteiger partial charge in [-0.1, -0.05) is 0 Å². The lowest BCUT2D eigenvalue weighted by molar-refractivity contribution is 0.0650. The van der Waals surface area contributed by atoms with Gasteiger partial charge >= 0.3 is 0 Å². The SMILES string of the molecule is CC1CC(Nc2cc(Br)ncn2)C(C)O1. The second-order valence-corrected chi connectivity index (χ2v) is 4.68. The Labute approximate surface area is 97.6 Å². The first-order chi connectivity index (χ1) is 7.15. The molecule has 1 aromatic rings. The summed E-state index contributed by atoms with van der Waals surface area (Å²) < 4.78 is 6.45. The van der Waals surface area contributed by atoms with Crippen molar-refractivity contribution >= 4 is 21.7 Å². The first kappa shape index (κ1) is 10.8. The zero-order valence-electron chi connectivity index (χ0n) is 8.77. The standard InChI is InChI=1S/C10H14BrN3O/c1-6-3-8(7(2)15-6)14-10-4-9(11)12-5-13-10/h4-8H,3H2,1-2H3,(H,12,13,14). The molecule has 0 aromatic carbocycles. The minimum atomic E-state index is 0.230. The predicted octanol–water partition coefficient (Wildman–Crippen LogP) is 2.22. The van der Waals surface area contributed by atoms with Crippen LogP contribution in [0.5, 0.6) is 0 Å². The van der Waals surface area contributed by atoms with E-state index >= 15 is 0 Å². The van der Waals surface area contributed by atoms with Gasteiger partial charge < -0.3 is 10.1 Å². The lowest BCUT2D eigenvalue weighted by Crippen LogP contribution is -2.27. The Morgan fingerprint density at radius 3 is 2.87 bits per heavy atom. The second-order valence-electron chi connectivity index (χ2n) is 3.86. The van der Waals surface area contributed by atoms with Gasteiger partial charge in [-0.3, -0.25) is 0 Å². The second kappa shape index (κ2) is 4.45. The molecule has 15 heavy (non-hydrogen) atoms. The molecule has 4 nitrogen and oxygen atoms in total. The summed E-state index contributed by atoms with van der Waals surface area (Å²) in [5.74, 6) is 0.839. The third-order valence-corrected chi connectivity index (χ3v) is 3.00. The van der Waals surface area contributed by atoms with Gasteiger partial charge in [-0.15, -0.1) is 0 Å². The summed E-state index contributed by atoms with van der Waals surface area (Å²) in [6.45, 7) is 4.17. The smallest absolute Gasteiger partial charge is 0.130 e. The zero-order chi connectivity index (χ0) is 10.8. The topological polar surface area (TPSA) is 47.0 Å². The van der Waals surface area contributed by atoms with Crippen LogP contribution in [0.4, 0.5) is 5.82 Å². The third kappa shape index (κ3) is 2.66. The highest BCUT2D eigenvalue weighted by molar-refractivity contribution is 9.10. The largest absolute Gasteiger partial charge is 0.373 e. The van der Waals surface area contributed by atoms with Gasteiger partial charge in [0.1, 0.15) is 16.7 Å². The quantitative estimate of drug-likeness (QED) is 0.838. The molecule has 0 aliphatic carbocycles. The monoisotopic (exact) mass is 271 g/mol. The van der Waals surface area contributed by atoms with E-state index in [1.807, 2.05) is 6.07 Å². The van der Waals surface area contributed by atoms with Gasteiger partial charge in [0, 0.05) is 6.07 Å². The van der Waals surface area contributed by atoms with Crippen LogP contribution < -0.4 is 5.32 Å². The molecule has 82 valence electrons. The summed E-state index contributed by atoms with van der Waals surface area (Å²) in [6, 6.07) is 2.21. The molecule has 1 fully saturated rings. The molecule has 1 aliphatic heterocycles. The number of aromatic nitrogens is 2. The highest BCUT2D eigenvalue weighted by atomic mass is 79.9. The number of ether oxygens (including phenoxy) is 1. The first-order valence-electron chi connectivity index (χ1n) is 5.04. The van der Waals surface area contributed by atoms with Gasteiger partial charge in [0.2, 0.25) is 0 Å². The van der Waals surface area contributed by atoms with E-state index in [4.69, 9.17) is 4.74 Å². The Kier molecular flexibility index (Phi) is 3.21. The summed E-state index contributed by atoms with van der Waals surface area (Å²) in [5, 5.41) is 3.36. The molecule has 3 unspecified atom stereocenters. The Balaban J connectivity index is 2.03. The molecule has 0 saturated carbocycles. The van der Waals surface area contributed by atoms with Crippen molar-refractivity contribution in [2.75, 3.05) is 5.32 Å². The van der Waals surface area contributed by atoms with Gasteiger partial charge in [-0.25, -0.2) is 9.97 Å². The van der Waals surface area contributed by atoms with Crippen molar-refractivity contribution in [1.82, 2.24) is 9.97 Å². The summed E-state index contributed by atoms with van der Waals surface area (Å²) in [6.07, 6.45) is 3.11. The molecule has 1 N–H and O–H groups in total. The highest BCUT2D eigenvalue weighted by Gasteiger charge is 2.29. The zero-order valence-corrected chi connectivity index (χ0v) is 10.4. The van der Waals surface area contributed by atoms with Crippen LogP contribution >= 0.6 is 15.9 Å². The normalized spacial score (nSPS) is 30.5. The maximum Gasteiger partial charge on any atom is 0.130 e. The number of hydrogen-bond acceptors (Lipinski definition) is 4. The summed E-state index contributed by atoms with van der Waals surface area (Å²) in [7, 11) is 0. The minimum Gasteiger partial charge on any atom is -0.373 e. The number of halogens is 1. The highest BCUT2D eigenvalue weighted by Crippen LogP contribution is 2.23. The van der Waals surface area contributed by atoms with Crippen LogP contribution in [0.2, 0.25) is 0 Å². The molecule has 0 bridgehead atoms. The summed E-state index contributed by atoms with van der Waals surface area (Å²) in [4.78, 5) is 8.14. The molecule has 1 aliphatic rings. The molecule has 5 heteroatoms. The fourth-order valence-corrected chi connectivity index (χ4v) is 2.15. The van der Waals surface area contributed by atoms with E-state index in [-0.39, 0.29) is 6.10 Å². The van der Waals surface area contributed by atoms with E-state index in [9.17, 15) is 0 Å². The first-order valence-corrected chi connectivity index (χ1v) is 5.84. The molecular weight excluding hydrogens is 258 g/mol. The molecule has 0 spiro atoms. The average Bonchev–Trinajstić information content (AvgIpc) is 2.45. The van der Waals surface area contributed by atoms with E-state index in [1.165, 1.54) is 6.33 Å². The number of anilines is 1. The number of rotatable bonds is 2. The van der Waals surface area contributed by atoms with Crippen LogP contribution in [0.25, 0.3) is 0 Å². The van der Waals surface area contributed by atoms with Crippen molar-refractivity contribution in [3.63, 3.8) is 0 Å².